The minimum Gasteiger partial charge on any atom is -0.481 e. The second-order valence-electron chi connectivity index (χ2n) is 9.25. The number of aliphatic hydroxyl groups is 1. The molecule has 0 spiro atoms. The topological polar surface area (TPSA) is 90.9 Å². The Bertz CT molecular complexity index is 1590. The van der Waals surface area contributed by atoms with E-state index in [0.717, 1.165) is 12.5 Å². The first-order valence-corrected chi connectivity index (χ1v) is 12.1. The predicted octanol–water partition coefficient (Wildman–Crippen LogP) is 4.75. The smallest absolute Gasteiger partial charge is 0.270 e. The first kappa shape index (κ1) is 25.7. The first-order valence-electron chi connectivity index (χ1n) is 11.7. The van der Waals surface area contributed by atoms with Gasteiger partial charge in [-0.25, -0.2) is 23.4 Å². The van der Waals surface area contributed by atoms with E-state index in [1.165, 1.54) is 30.1 Å². The largest absolute Gasteiger partial charge is 0.481 e. The van der Waals surface area contributed by atoms with E-state index in [1.807, 2.05) is 0 Å². The Labute approximate surface area is 222 Å². The number of benzene rings is 2. The lowest BCUT2D eigenvalue weighted by Crippen LogP contribution is -2.33. The normalized spacial score (nSPS) is 13.6. The molecule has 0 amide bonds. The van der Waals surface area contributed by atoms with Crippen LogP contribution in [-0.4, -0.2) is 41.7 Å². The van der Waals surface area contributed by atoms with Crippen molar-refractivity contribution in [3.63, 3.8) is 0 Å². The summed E-state index contributed by atoms with van der Waals surface area (Å²) in [6.45, 7) is 0.862. The van der Waals surface area contributed by atoms with Crippen LogP contribution in [0.5, 0.6) is 5.88 Å². The third kappa shape index (κ3) is 4.29. The molecule has 38 heavy (non-hydrogen) atoms. The van der Waals surface area contributed by atoms with Crippen molar-refractivity contribution in [2.45, 2.75) is 24.9 Å². The van der Waals surface area contributed by atoms with E-state index in [4.69, 9.17) is 16.3 Å². The number of pyridine rings is 1. The summed E-state index contributed by atoms with van der Waals surface area (Å²) in [7, 11) is 4.98. The van der Waals surface area contributed by atoms with Crippen LogP contribution in [0.3, 0.4) is 0 Å². The molecule has 0 bridgehead atoms. The number of nitrogens with zero attached hydrogens (tertiary/aromatic N) is 6. The number of halogens is 3. The number of hydrogen-bond donors (Lipinski definition) is 1. The van der Waals surface area contributed by atoms with E-state index < -0.39 is 11.5 Å². The fourth-order valence-corrected chi connectivity index (χ4v) is 4.96. The van der Waals surface area contributed by atoms with Crippen LogP contribution in [0.1, 0.15) is 40.6 Å². The van der Waals surface area contributed by atoms with Gasteiger partial charge in [0.1, 0.15) is 5.69 Å². The van der Waals surface area contributed by atoms with Crippen molar-refractivity contribution in [1.29, 1.82) is 0 Å². The summed E-state index contributed by atoms with van der Waals surface area (Å²) in [5.74, 6) is -2.60. The minimum absolute atomic E-state index is 0.0697. The lowest BCUT2D eigenvalue weighted by molar-refractivity contribution is 0.0174. The molecule has 0 aliphatic heterocycles. The molecule has 3 heterocycles. The van der Waals surface area contributed by atoms with Gasteiger partial charge in [-0.1, -0.05) is 47.1 Å². The lowest BCUT2D eigenvalue weighted by Gasteiger charge is -2.29. The number of imidazole rings is 1. The van der Waals surface area contributed by atoms with E-state index in [2.05, 4.69) is 20.3 Å². The molecular formula is C27H25ClF2N6O2. The van der Waals surface area contributed by atoms with Gasteiger partial charge in [0, 0.05) is 44.0 Å². The van der Waals surface area contributed by atoms with Crippen molar-refractivity contribution in [1.82, 2.24) is 29.5 Å². The second kappa shape index (κ2) is 9.45. The van der Waals surface area contributed by atoms with Gasteiger partial charge in [0.05, 0.1) is 42.1 Å². The molecule has 2 aromatic carbocycles. The fourth-order valence-electron chi connectivity index (χ4n) is 4.66. The fraction of sp³-hybridized carbons (Fsp3) is 0.259. The summed E-state index contributed by atoms with van der Waals surface area (Å²) in [6, 6.07) is 11.4. The monoisotopic (exact) mass is 538 g/mol. The van der Waals surface area contributed by atoms with Crippen molar-refractivity contribution in [3.8, 4) is 5.88 Å². The van der Waals surface area contributed by atoms with Crippen molar-refractivity contribution >= 4 is 22.5 Å². The summed E-state index contributed by atoms with van der Waals surface area (Å²) in [4.78, 5) is 8.82. The van der Waals surface area contributed by atoms with Crippen LogP contribution >= 0.6 is 11.6 Å². The Morgan fingerprint density at radius 2 is 1.74 bits per heavy atom. The molecule has 0 fully saturated rings. The zero-order valence-corrected chi connectivity index (χ0v) is 21.9. The third-order valence-electron chi connectivity index (χ3n) is 6.70. The molecule has 1 unspecified atom stereocenters. The highest BCUT2D eigenvalue weighted by atomic mass is 35.5. The molecule has 8 nitrogen and oxygen atoms in total. The molecule has 0 aliphatic rings. The maximum absolute atomic E-state index is 13.7. The molecule has 196 valence electrons. The van der Waals surface area contributed by atoms with Crippen molar-refractivity contribution in [2.24, 2.45) is 14.1 Å². The number of fused-ring (bicyclic) bond motifs is 1. The average Bonchev–Trinajstić information content (AvgIpc) is 3.53. The van der Waals surface area contributed by atoms with Crippen LogP contribution in [0, 0.1) is 0 Å². The van der Waals surface area contributed by atoms with Crippen LogP contribution in [0.25, 0.3) is 10.9 Å². The summed E-state index contributed by atoms with van der Waals surface area (Å²) in [5, 5.41) is 21.1. The standard InChI is InChI=1S/C27H25ClF2N6O2/c1-26(29,30)17-7-5-16(6-8-17)11-20-24(28)19-12-18(9-10-21(19)33-25(20)38-4)27(37,22-13-31-15-35(22)2)23-14-32-34-36(23)3/h5-10,12-15,37H,11H2,1-4H3. The molecular weight excluding hydrogens is 514 g/mol. The van der Waals surface area contributed by atoms with E-state index in [0.29, 0.717) is 50.7 Å². The van der Waals surface area contributed by atoms with Crippen LogP contribution in [0.2, 0.25) is 5.02 Å². The summed E-state index contributed by atoms with van der Waals surface area (Å²) >= 11 is 6.94. The van der Waals surface area contributed by atoms with E-state index >= 15 is 0 Å². The Morgan fingerprint density at radius 1 is 1.03 bits per heavy atom. The number of methoxy groups -OCH3 is 1. The Morgan fingerprint density at radius 3 is 2.32 bits per heavy atom. The quantitative estimate of drug-likeness (QED) is 0.322. The number of hydrogen-bond acceptors (Lipinski definition) is 6. The highest BCUT2D eigenvalue weighted by molar-refractivity contribution is 6.36. The van der Waals surface area contributed by atoms with Gasteiger partial charge in [-0.15, -0.1) is 5.10 Å². The van der Waals surface area contributed by atoms with Gasteiger partial charge in [0.2, 0.25) is 5.88 Å². The highest BCUT2D eigenvalue weighted by Crippen LogP contribution is 2.40. The number of aryl methyl sites for hydroxylation is 2. The average molecular weight is 539 g/mol. The molecule has 1 atom stereocenters. The zero-order chi connectivity index (χ0) is 27.2. The van der Waals surface area contributed by atoms with Crippen LogP contribution in [0.4, 0.5) is 8.78 Å². The van der Waals surface area contributed by atoms with Gasteiger partial charge in [0.25, 0.3) is 5.92 Å². The van der Waals surface area contributed by atoms with E-state index in [-0.39, 0.29) is 5.56 Å². The maximum Gasteiger partial charge on any atom is 0.270 e. The Balaban J connectivity index is 1.66. The van der Waals surface area contributed by atoms with E-state index in [9.17, 15) is 13.9 Å². The molecule has 0 aliphatic carbocycles. The molecule has 11 heteroatoms. The van der Waals surface area contributed by atoms with Crippen LogP contribution in [0.15, 0.2) is 61.2 Å². The zero-order valence-electron chi connectivity index (χ0n) is 21.2. The Hall–Kier alpha value is -3.89. The van der Waals surface area contributed by atoms with Gasteiger partial charge in [0.15, 0.2) is 5.60 Å². The van der Waals surface area contributed by atoms with Gasteiger partial charge in [-0.2, -0.15) is 0 Å². The van der Waals surface area contributed by atoms with Crippen molar-refractivity contribution in [3.05, 3.63) is 99.8 Å². The SMILES string of the molecule is COc1nc2ccc(C(O)(c3cncn3C)c3cnnn3C)cc2c(Cl)c1Cc1ccc(C(C)(F)F)cc1. The van der Waals surface area contributed by atoms with Gasteiger partial charge in [-0.3, -0.25) is 0 Å². The van der Waals surface area contributed by atoms with Crippen LogP contribution in [-0.2, 0) is 32.0 Å². The summed E-state index contributed by atoms with van der Waals surface area (Å²) in [6.07, 6.45) is 4.99. The molecule has 3 aromatic heterocycles. The number of ether oxygens (including phenoxy) is 1. The molecule has 0 saturated carbocycles. The molecule has 5 aromatic rings. The first-order chi connectivity index (χ1) is 18.0. The van der Waals surface area contributed by atoms with Gasteiger partial charge in [-0.05, 0) is 23.3 Å². The number of rotatable bonds is 7. The summed E-state index contributed by atoms with van der Waals surface area (Å²) in [5.41, 5.74) is 1.66. The number of alkyl halides is 2. The van der Waals surface area contributed by atoms with Gasteiger partial charge >= 0.3 is 0 Å². The summed E-state index contributed by atoms with van der Waals surface area (Å²) < 4.78 is 36.1. The minimum atomic E-state index is -2.93. The predicted molar refractivity (Wildman–Crippen MR) is 138 cm³/mol. The third-order valence-corrected chi connectivity index (χ3v) is 7.14. The molecule has 0 radical (unpaired) electrons. The maximum atomic E-state index is 13.7. The van der Waals surface area contributed by atoms with Crippen molar-refractivity contribution < 1.29 is 18.6 Å². The molecule has 1 N–H and O–H groups in total. The van der Waals surface area contributed by atoms with E-state index in [1.54, 1.807) is 61.5 Å². The second-order valence-corrected chi connectivity index (χ2v) is 9.63. The van der Waals surface area contributed by atoms with Crippen molar-refractivity contribution in [2.75, 3.05) is 7.11 Å². The molecule has 0 saturated heterocycles. The highest BCUT2D eigenvalue weighted by Gasteiger charge is 2.40. The van der Waals surface area contributed by atoms with Crippen LogP contribution < -0.4 is 4.74 Å². The number of aromatic nitrogens is 6. The Kier molecular flexibility index (Phi) is 6.40. The molecule has 5 rings (SSSR count). The van der Waals surface area contributed by atoms with Gasteiger partial charge < -0.3 is 14.4 Å². The lowest BCUT2D eigenvalue weighted by atomic mass is 9.86.